The molecule has 1 fully saturated rings. The lowest BCUT2D eigenvalue weighted by molar-refractivity contribution is -0.148. The third-order valence-corrected chi connectivity index (χ3v) is 7.02. The average Bonchev–Trinajstić information content (AvgIpc) is 2.81. The SMILES string of the molecule is CCCC1=C[C@@]23[C@@H]1C=C[C@@H]2[C@@H]1C=C[C@H]2C(CCC)=C[C@]213. The third-order valence-electron chi connectivity index (χ3n) is 7.02. The van der Waals surface area contributed by atoms with Crippen LogP contribution in [0.1, 0.15) is 39.5 Å². The molecule has 0 N–H and O–H groups in total. The largest absolute Gasteiger partial charge is 0.0832 e. The summed E-state index contributed by atoms with van der Waals surface area (Å²) >= 11 is 0. The molecule has 0 unspecified atom stereocenters. The van der Waals surface area contributed by atoms with Gasteiger partial charge in [-0.05, 0) is 24.7 Å². The van der Waals surface area contributed by atoms with Crippen molar-refractivity contribution in [3.05, 3.63) is 47.6 Å². The molecule has 6 atom stereocenters. The Morgan fingerprint density at radius 2 is 1.20 bits per heavy atom. The van der Waals surface area contributed by atoms with Crippen LogP contribution in [0.5, 0.6) is 0 Å². The molecule has 5 rings (SSSR count). The van der Waals surface area contributed by atoms with Crippen LogP contribution in [0.3, 0.4) is 0 Å². The first-order valence-corrected chi connectivity index (χ1v) is 8.59. The molecule has 20 heavy (non-hydrogen) atoms. The number of rotatable bonds is 4. The summed E-state index contributed by atoms with van der Waals surface area (Å²) < 4.78 is 0. The van der Waals surface area contributed by atoms with Gasteiger partial charge in [-0.15, -0.1) is 0 Å². The lowest BCUT2D eigenvalue weighted by Crippen LogP contribution is -2.70. The van der Waals surface area contributed by atoms with Crippen LogP contribution in [-0.2, 0) is 0 Å². The molecule has 0 radical (unpaired) electrons. The number of hydrogen-bond acceptors (Lipinski definition) is 0. The molecule has 0 heteroatoms. The van der Waals surface area contributed by atoms with Crippen molar-refractivity contribution in [3.63, 3.8) is 0 Å². The normalized spacial score (nSPS) is 51.9. The molecule has 0 aliphatic heterocycles. The summed E-state index contributed by atoms with van der Waals surface area (Å²) in [5.41, 5.74) is 4.49. The Kier molecular flexibility index (Phi) is 1.97. The van der Waals surface area contributed by atoms with Gasteiger partial charge in [0.1, 0.15) is 0 Å². The van der Waals surface area contributed by atoms with Gasteiger partial charge >= 0.3 is 0 Å². The summed E-state index contributed by atoms with van der Waals surface area (Å²) in [6.07, 6.45) is 20.9. The van der Waals surface area contributed by atoms with Gasteiger partial charge in [-0.3, -0.25) is 0 Å². The highest BCUT2D eigenvalue weighted by Crippen LogP contribution is 2.85. The summed E-state index contributed by atoms with van der Waals surface area (Å²) in [7, 11) is 0. The minimum Gasteiger partial charge on any atom is -0.0832 e. The van der Waals surface area contributed by atoms with Gasteiger partial charge < -0.3 is 0 Å². The van der Waals surface area contributed by atoms with E-state index in [9.17, 15) is 0 Å². The lowest BCUT2D eigenvalue weighted by Gasteiger charge is -2.74. The first-order chi connectivity index (χ1) is 9.79. The smallest absolute Gasteiger partial charge is 0.0159 e. The summed E-state index contributed by atoms with van der Waals surface area (Å²) in [6, 6.07) is 0. The van der Waals surface area contributed by atoms with Gasteiger partial charge in [0.05, 0.1) is 0 Å². The monoisotopic (exact) mass is 264 g/mol. The van der Waals surface area contributed by atoms with Crippen LogP contribution in [0.2, 0.25) is 0 Å². The Morgan fingerprint density at radius 3 is 1.60 bits per heavy atom. The molecule has 0 aromatic heterocycles. The first kappa shape index (κ1) is 11.6. The molecule has 0 nitrogen and oxygen atoms in total. The number of fused-ring (bicyclic) bond motifs is 1. The highest BCUT2D eigenvalue weighted by Gasteiger charge is 2.80. The summed E-state index contributed by atoms with van der Waals surface area (Å²) in [6.45, 7) is 4.62. The second-order valence-electron chi connectivity index (χ2n) is 7.58. The molecule has 0 heterocycles. The van der Waals surface area contributed by atoms with Crippen LogP contribution in [0.15, 0.2) is 47.6 Å². The topological polar surface area (TPSA) is 0 Å². The average molecular weight is 264 g/mol. The van der Waals surface area contributed by atoms with E-state index in [1.807, 2.05) is 0 Å². The number of allylic oxidation sites excluding steroid dienone is 8. The van der Waals surface area contributed by atoms with E-state index >= 15 is 0 Å². The predicted molar refractivity (Wildman–Crippen MR) is 83.1 cm³/mol. The molecule has 0 bridgehead atoms. The maximum absolute atomic E-state index is 2.71. The van der Waals surface area contributed by atoms with Gasteiger partial charge in [0.25, 0.3) is 0 Å². The minimum atomic E-state index is 0.508. The van der Waals surface area contributed by atoms with E-state index in [-0.39, 0.29) is 0 Å². The third kappa shape index (κ3) is 0.883. The Balaban J connectivity index is 1.57. The van der Waals surface area contributed by atoms with Gasteiger partial charge in [0.15, 0.2) is 0 Å². The maximum Gasteiger partial charge on any atom is 0.0159 e. The second-order valence-corrected chi connectivity index (χ2v) is 7.58. The van der Waals surface area contributed by atoms with Crippen LogP contribution < -0.4 is 0 Å². The summed E-state index contributed by atoms with van der Waals surface area (Å²) in [5.74, 6) is 3.19. The van der Waals surface area contributed by atoms with Crippen molar-refractivity contribution in [2.24, 2.45) is 34.5 Å². The minimum absolute atomic E-state index is 0.508. The van der Waals surface area contributed by atoms with E-state index in [0.29, 0.717) is 10.8 Å². The second kappa shape index (κ2) is 3.40. The molecule has 5 aliphatic rings. The van der Waals surface area contributed by atoms with Gasteiger partial charge in [-0.25, -0.2) is 0 Å². The van der Waals surface area contributed by atoms with Crippen LogP contribution in [0.25, 0.3) is 0 Å². The quantitative estimate of drug-likeness (QED) is 0.623. The van der Waals surface area contributed by atoms with Gasteiger partial charge in [-0.2, -0.15) is 0 Å². The number of hydrogen-bond donors (Lipinski definition) is 0. The van der Waals surface area contributed by atoms with E-state index < -0.39 is 0 Å². The van der Waals surface area contributed by atoms with Crippen molar-refractivity contribution in [2.75, 3.05) is 0 Å². The van der Waals surface area contributed by atoms with Gasteiger partial charge in [0.2, 0.25) is 0 Å². The van der Waals surface area contributed by atoms with Crippen molar-refractivity contribution in [3.8, 4) is 0 Å². The van der Waals surface area contributed by atoms with E-state index in [0.717, 1.165) is 23.7 Å². The van der Waals surface area contributed by atoms with Gasteiger partial charge in [0, 0.05) is 22.7 Å². The highest BCUT2D eigenvalue weighted by atomic mass is 14.8. The van der Waals surface area contributed by atoms with Crippen molar-refractivity contribution >= 4 is 0 Å². The predicted octanol–water partition coefficient (Wildman–Crippen LogP) is 5.06. The van der Waals surface area contributed by atoms with Crippen LogP contribution in [0.4, 0.5) is 0 Å². The fraction of sp³-hybridized carbons (Fsp3) is 0.600. The Hall–Kier alpha value is -1.04. The highest BCUT2D eigenvalue weighted by molar-refractivity contribution is 5.59. The van der Waals surface area contributed by atoms with Crippen molar-refractivity contribution in [1.29, 1.82) is 0 Å². The Labute approximate surface area is 122 Å². The molecule has 0 aromatic rings. The van der Waals surface area contributed by atoms with Crippen LogP contribution >= 0.6 is 0 Å². The van der Waals surface area contributed by atoms with E-state index in [1.165, 1.54) is 25.7 Å². The van der Waals surface area contributed by atoms with E-state index in [1.54, 1.807) is 11.1 Å². The molecule has 104 valence electrons. The fourth-order valence-electron chi connectivity index (χ4n) is 6.48. The Bertz CT molecular complexity index is 548. The molecule has 0 aromatic carbocycles. The van der Waals surface area contributed by atoms with Crippen LogP contribution in [0, 0.1) is 34.5 Å². The zero-order chi connectivity index (χ0) is 13.5. The summed E-state index contributed by atoms with van der Waals surface area (Å²) in [5, 5.41) is 0. The zero-order valence-corrected chi connectivity index (χ0v) is 12.6. The molecule has 0 saturated heterocycles. The van der Waals surface area contributed by atoms with E-state index in [2.05, 4.69) is 50.3 Å². The molecule has 2 spiro atoms. The molecule has 5 aliphatic carbocycles. The van der Waals surface area contributed by atoms with Crippen molar-refractivity contribution in [1.82, 2.24) is 0 Å². The molecule has 1 saturated carbocycles. The zero-order valence-electron chi connectivity index (χ0n) is 12.6. The van der Waals surface area contributed by atoms with E-state index in [4.69, 9.17) is 0 Å². The molecule has 0 amide bonds. The first-order valence-electron chi connectivity index (χ1n) is 8.59. The maximum atomic E-state index is 2.71. The lowest BCUT2D eigenvalue weighted by atomic mass is 9.28. The molecular weight excluding hydrogens is 240 g/mol. The van der Waals surface area contributed by atoms with Gasteiger partial charge in [-0.1, -0.05) is 74.3 Å². The summed E-state index contributed by atoms with van der Waals surface area (Å²) in [4.78, 5) is 0. The Morgan fingerprint density at radius 1 is 0.750 bits per heavy atom. The van der Waals surface area contributed by atoms with Crippen molar-refractivity contribution in [2.45, 2.75) is 39.5 Å². The van der Waals surface area contributed by atoms with Crippen LogP contribution in [-0.4, -0.2) is 0 Å². The van der Waals surface area contributed by atoms with Crippen molar-refractivity contribution < 1.29 is 0 Å². The standard InChI is InChI=1S/C20H24/c1-3-5-13-11-19-15(13)7-9-17(19)18-10-8-16-14(6-4-2)12-20(16,18)19/h7-12,15-18H,3-6H2,1-2H3/t15-,16+,17-,18+,19-,20+. The molecular formula is C20H24. The fourth-order valence-corrected chi connectivity index (χ4v) is 6.48.